The van der Waals surface area contributed by atoms with Crippen LogP contribution in [0.4, 0.5) is 15.8 Å². The third-order valence-electron chi connectivity index (χ3n) is 5.30. The minimum absolute atomic E-state index is 0.0320. The largest absolute Gasteiger partial charge is 0.323 e. The number of fused-ring (bicyclic) bond motifs is 3. The Bertz CT molecular complexity index is 1290. The molecule has 0 aromatic heterocycles. The van der Waals surface area contributed by atoms with Crippen molar-refractivity contribution in [1.82, 2.24) is 4.90 Å². The van der Waals surface area contributed by atoms with E-state index in [1.165, 1.54) is 17.0 Å². The summed E-state index contributed by atoms with van der Waals surface area (Å²) in [6, 6.07) is 22.6. The molecule has 0 radical (unpaired) electrons. The lowest BCUT2D eigenvalue weighted by atomic mass is 10.1. The lowest BCUT2D eigenvalue weighted by molar-refractivity contribution is -0.124. The maximum atomic E-state index is 13.8. The number of aliphatic imine (C=N–C) groups is 2. The van der Waals surface area contributed by atoms with Gasteiger partial charge in [0.25, 0.3) is 5.91 Å². The van der Waals surface area contributed by atoms with Gasteiger partial charge in [0.05, 0.1) is 17.1 Å². The summed E-state index contributed by atoms with van der Waals surface area (Å²) in [5.41, 5.74) is 2.60. The van der Waals surface area contributed by atoms with Crippen molar-refractivity contribution < 1.29 is 14.0 Å². The van der Waals surface area contributed by atoms with Gasteiger partial charge in [0.15, 0.2) is 5.17 Å². The van der Waals surface area contributed by atoms with Crippen LogP contribution >= 0.6 is 11.8 Å². The predicted octanol–water partition coefficient (Wildman–Crippen LogP) is 4.40. The molecule has 0 unspecified atom stereocenters. The number of hydrogen-bond donors (Lipinski definition) is 1. The van der Waals surface area contributed by atoms with Gasteiger partial charge in [0.1, 0.15) is 17.7 Å². The first-order valence-electron chi connectivity index (χ1n) is 10.4. The fraction of sp³-hybridized carbons (Fsp3) is 0.120. The lowest BCUT2D eigenvalue weighted by Crippen LogP contribution is -2.41. The molecule has 0 saturated heterocycles. The molecular formula is C25H19FN4O2S. The molecule has 0 spiro atoms. The normalized spacial score (nSPS) is 16.6. The highest BCUT2D eigenvalue weighted by Crippen LogP contribution is 2.34. The van der Waals surface area contributed by atoms with Crippen LogP contribution in [0.3, 0.4) is 0 Å². The molecule has 33 heavy (non-hydrogen) atoms. The summed E-state index contributed by atoms with van der Waals surface area (Å²) in [5, 5.41) is 2.94. The van der Waals surface area contributed by atoms with Gasteiger partial charge >= 0.3 is 0 Å². The molecular weight excluding hydrogens is 439 g/mol. The molecule has 164 valence electrons. The Balaban J connectivity index is 1.37. The highest BCUT2D eigenvalue weighted by atomic mass is 32.2. The van der Waals surface area contributed by atoms with E-state index in [1.54, 1.807) is 12.1 Å². The van der Waals surface area contributed by atoms with Crippen LogP contribution < -0.4 is 5.32 Å². The number of hydrogen-bond acceptors (Lipinski definition) is 5. The number of carbonyl (C=O) groups excluding carboxylic acids is 2. The number of benzene rings is 3. The molecule has 0 aliphatic carbocycles. The van der Waals surface area contributed by atoms with E-state index in [2.05, 4.69) is 10.3 Å². The molecule has 8 heteroatoms. The first-order valence-corrected chi connectivity index (χ1v) is 11.4. The third kappa shape index (κ3) is 4.29. The number of carbonyl (C=O) groups is 2. The quantitative estimate of drug-likeness (QED) is 0.616. The predicted molar refractivity (Wildman–Crippen MR) is 128 cm³/mol. The van der Waals surface area contributed by atoms with Crippen LogP contribution in [0, 0.1) is 5.82 Å². The van der Waals surface area contributed by atoms with E-state index < -0.39 is 17.8 Å². The molecule has 3 aromatic carbocycles. The van der Waals surface area contributed by atoms with Crippen LogP contribution in [0.1, 0.15) is 11.1 Å². The van der Waals surface area contributed by atoms with Crippen LogP contribution in [0.2, 0.25) is 0 Å². The first kappa shape index (κ1) is 21.1. The Morgan fingerprint density at radius 3 is 2.55 bits per heavy atom. The Labute approximate surface area is 194 Å². The standard InChI is InChI=1S/C25H19FN4O2S/c26-18-11-5-7-13-20(18)27-22(31)15-33-25-29-19-12-6-4-10-17(19)23-28-21(24(32)30(23)25)14-16-8-2-1-3-9-16/h1-13,21H,14-15H2,(H,27,31)/t21-/m1/s1. The molecule has 2 aliphatic rings. The highest BCUT2D eigenvalue weighted by molar-refractivity contribution is 8.14. The van der Waals surface area contributed by atoms with Crippen molar-refractivity contribution in [2.24, 2.45) is 9.98 Å². The van der Waals surface area contributed by atoms with E-state index in [4.69, 9.17) is 4.99 Å². The van der Waals surface area contributed by atoms with Gasteiger partial charge in [0.2, 0.25) is 5.91 Å². The molecule has 2 amide bonds. The van der Waals surface area contributed by atoms with E-state index in [9.17, 15) is 14.0 Å². The Morgan fingerprint density at radius 2 is 1.73 bits per heavy atom. The topological polar surface area (TPSA) is 74.1 Å². The van der Waals surface area contributed by atoms with Crippen molar-refractivity contribution in [3.8, 4) is 0 Å². The van der Waals surface area contributed by atoms with E-state index in [0.717, 1.165) is 22.9 Å². The van der Waals surface area contributed by atoms with Crippen molar-refractivity contribution in [3.63, 3.8) is 0 Å². The monoisotopic (exact) mass is 458 g/mol. The zero-order valence-corrected chi connectivity index (χ0v) is 18.3. The molecule has 1 N–H and O–H groups in total. The van der Waals surface area contributed by atoms with Gasteiger partial charge in [-0.25, -0.2) is 14.3 Å². The first-order chi connectivity index (χ1) is 16.1. The number of anilines is 1. The van der Waals surface area contributed by atoms with Crippen molar-refractivity contribution in [2.45, 2.75) is 12.5 Å². The molecule has 0 saturated carbocycles. The van der Waals surface area contributed by atoms with E-state index in [-0.39, 0.29) is 17.3 Å². The van der Waals surface area contributed by atoms with Gasteiger partial charge in [0, 0.05) is 12.0 Å². The molecule has 3 aromatic rings. The third-order valence-corrected chi connectivity index (χ3v) is 6.24. The number of amides is 2. The molecule has 0 bridgehead atoms. The van der Waals surface area contributed by atoms with Gasteiger partial charge in [-0.3, -0.25) is 14.6 Å². The second-order valence-corrected chi connectivity index (χ2v) is 8.50. The molecule has 2 aliphatic heterocycles. The Kier molecular flexibility index (Phi) is 5.75. The number of nitrogens with one attached hydrogen (secondary N) is 1. The summed E-state index contributed by atoms with van der Waals surface area (Å²) in [6.07, 6.45) is 0.480. The summed E-state index contributed by atoms with van der Waals surface area (Å²) >= 11 is 1.12. The van der Waals surface area contributed by atoms with Crippen LogP contribution in [0.25, 0.3) is 0 Å². The molecule has 6 nitrogen and oxygen atoms in total. The minimum atomic E-state index is -0.563. The summed E-state index contributed by atoms with van der Waals surface area (Å²) in [7, 11) is 0. The van der Waals surface area contributed by atoms with E-state index >= 15 is 0 Å². The second-order valence-electron chi connectivity index (χ2n) is 7.56. The fourth-order valence-electron chi connectivity index (χ4n) is 3.75. The lowest BCUT2D eigenvalue weighted by Gasteiger charge is -2.25. The number of nitrogens with zero attached hydrogens (tertiary/aromatic N) is 3. The van der Waals surface area contributed by atoms with Gasteiger partial charge in [-0.1, -0.05) is 66.4 Å². The van der Waals surface area contributed by atoms with E-state index in [0.29, 0.717) is 23.1 Å². The Morgan fingerprint density at radius 1 is 1.00 bits per heavy atom. The van der Waals surface area contributed by atoms with E-state index in [1.807, 2.05) is 54.6 Å². The average molecular weight is 459 g/mol. The molecule has 2 heterocycles. The van der Waals surface area contributed by atoms with Gasteiger partial charge in [-0.15, -0.1) is 0 Å². The minimum Gasteiger partial charge on any atom is -0.323 e. The smallest absolute Gasteiger partial charge is 0.259 e. The summed E-state index contributed by atoms with van der Waals surface area (Å²) in [4.78, 5) is 36.6. The fourth-order valence-corrected chi connectivity index (χ4v) is 4.55. The van der Waals surface area contributed by atoms with Crippen LogP contribution in [-0.2, 0) is 16.0 Å². The molecule has 1 atom stereocenters. The Hall–Kier alpha value is -3.78. The van der Waals surface area contributed by atoms with Crippen molar-refractivity contribution in [1.29, 1.82) is 0 Å². The maximum absolute atomic E-state index is 13.8. The van der Waals surface area contributed by atoms with Gasteiger partial charge in [-0.05, 0) is 29.8 Å². The second kappa shape index (κ2) is 8.99. The van der Waals surface area contributed by atoms with Gasteiger partial charge < -0.3 is 5.32 Å². The molecule has 0 fully saturated rings. The summed E-state index contributed by atoms with van der Waals surface area (Å²) in [5.74, 6) is -0.562. The SMILES string of the molecule is O=C(CSC1=Nc2ccccc2C2=N[C@H](Cc3ccccc3)C(=O)N12)Nc1ccccc1F. The van der Waals surface area contributed by atoms with Crippen LogP contribution in [-0.4, -0.2) is 39.5 Å². The average Bonchev–Trinajstić information content (AvgIpc) is 3.16. The highest BCUT2D eigenvalue weighted by Gasteiger charge is 2.41. The zero-order chi connectivity index (χ0) is 22.8. The number of thioether (sulfide) groups is 1. The van der Waals surface area contributed by atoms with Crippen molar-refractivity contribution >= 4 is 46.0 Å². The number of para-hydroxylation sites is 2. The number of amidine groups is 2. The maximum Gasteiger partial charge on any atom is 0.259 e. The number of halogens is 1. The van der Waals surface area contributed by atoms with Crippen molar-refractivity contribution in [3.05, 3.63) is 95.8 Å². The number of rotatable bonds is 5. The summed E-state index contributed by atoms with van der Waals surface area (Å²) in [6.45, 7) is 0. The van der Waals surface area contributed by atoms with Gasteiger partial charge in [-0.2, -0.15) is 0 Å². The zero-order valence-electron chi connectivity index (χ0n) is 17.4. The summed E-state index contributed by atoms with van der Waals surface area (Å²) < 4.78 is 13.8. The van der Waals surface area contributed by atoms with Crippen molar-refractivity contribution in [2.75, 3.05) is 11.1 Å². The molecule has 5 rings (SSSR count). The van der Waals surface area contributed by atoms with Crippen LogP contribution in [0.5, 0.6) is 0 Å². The van der Waals surface area contributed by atoms with Crippen LogP contribution in [0.15, 0.2) is 88.8 Å².